The zero-order chi connectivity index (χ0) is 13.1. The largest absolute Gasteiger partial charge is 0.497 e. The van der Waals surface area contributed by atoms with Gasteiger partial charge in [-0.25, -0.2) is 4.98 Å². The number of hydrogen-bond donors (Lipinski definition) is 0. The van der Waals surface area contributed by atoms with E-state index in [4.69, 9.17) is 9.47 Å². The topological polar surface area (TPSA) is 31.4 Å². The van der Waals surface area contributed by atoms with Crippen LogP contribution in [0.15, 0.2) is 48.0 Å². The molecule has 0 radical (unpaired) electrons. The number of rotatable bonds is 4. The fourth-order valence-electron chi connectivity index (χ4n) is 1.87. The normalized spacial score (nSPS) is 10.6. The summed E-state index contributed by atoms with van der Waals surface area (Å²) >= 11 is 1.58. The van der Waals surface area contributed by atoms with E-state index in [1.165, 1.54) is 0 Å². The summed E-state index contributed by atoms with van der Waals surface area (Å²) in [5.41, 5.74) is 3.87. The highest BCUT2D eigenvalue weighted by molar-refractivity contribution is 7.17. The van der Waals surface area contributed by atoms with Crippen LogP contribution in [0.2, 0.25) is 0 Å². The standard InChI is InChI=1S/C15H13NO2S/c1-17-12-7-13-15(19-10-16-13)14(8-12)18-9-11-5-3-2-4-6-11/h2-8,10H,9H2,1H3. The van der Waals surface area contributed by atoms with Crippen molar-refractivity contribution in [2.75, 3.05) is 7.11 Å². The number of benzene rings is 2. The van der Waals surface area contributed by atoms with Crippen molar-refractivity contribution in [1.29, 1.82) is 0 Å². The van der Waals surface area contributed by atoms with Crippen LogP contribution < -0.4 is 9.47 Å². The Morgan fingerprint density at radius 1 is 1.16 bits per heavy atom. The van der Waals surface area contributed by atoms with E-state index < -0.39 is 0 Å². The lowest BCUT2D eigenvalue weighted by Crippen LogP contribution is -1.95. The third kappa shape index (κ3) is 2.53. The predicted octanol–water partition coefficient (Wildman–Crippen LogP) is 3.88. The van der Waals surface area contributed by atoms with Gasteiger partial charge in [-0.05, 0) is 5.56 Å². The van der Waals surface area contributed by atoms with E-state index in [9.17, 15) is 0 Å². The molecule has 0 unspecified atom stereocenters. The van der Waals surface area contributed by atoms with Crippen molar-refractivity contribution in [2.45, 2.75) is 6.61 Å². The molecule has 1 aromatic heterocycles. The van der Waals surface area contributed by atoms with Gasteiger partial charge < -0.3 is 9.47 Å². The third-order valence-corrected chi connectivity index (χ3v) is 3.70. The summed E-state index contributed by atoms with van der Waals surface area (Å²) in [6, 6.07) is 13.9. The molecular weight excluding hydrogens is 258 g/mol. The lowest BCUT2D eigenvalue weighted by atomic mass is 10.2. The minimum absolute atomic E-state index is 0.543. The first-order valence-electron chi connectivity index (χ1n) is 5.95. The van der Waals surface area contributed by atoms with Gasteiger partial charge in [0.2, 0.25) is 0 Å². The van der Waals surface area contributed by atoms with Crippen LogP contribution in [0.5, 0.6) is 11.5 Å². The number of methoxy groups -OCH3 is 1. The number of hydrogen-bond acceptors (Lipinski definition) is 4. The first kappa shape index (κ1) is 12.0. The summed E-state index contributed by atoms with van der Waals surface area (Å²) in [6.07, 6.45) is 0. The summed E-state index contributed by atoms with van der Waals surface area (Å²) in [7, 11) is 1.65. The SMILES string of the molecule is COc1cc(OCc2ccccc2)c2scnc2c1. The van der Waals surface area contributed by atoms with Crippen molar-refractivity contribution in [3.63, 3.8) is 0 Å². The number of aromatic nitrogens is 1. The van der Waals surface area contributed by atoms with Gasteiger partial charge in [-0.3, -0.25) is 0 Å². The summed E-state index contributed by atoms with van der Waals surface area (Å²) in [5.74, 6) is 1.59. The molecule has 3 nitrogen and oxygen atoms in total. The van der Waals surface area contributed by atoms with Crippen LogP contribution in [0.3, 0.4) is 0 Å². The van der Waals surface area contributed by atoms with Crippen LogP contribution in [0, 0.1) is 0 Å². The van der Waals surface area contributed by atoms with Crippen LogP contribution in [-0.2, 0) is 6.61 Å². The number of nitrogens with zero attached hydrogens (tertiary/aromatic N) is 1. The molecule has 0 aliphatic carbocycles. The summed E-state index contributed by atoms with van der Waals surface area (Å²) < 4.78 is 12.2. The van der Waals surface area contributed by atoms with E-state index in [1.807, 2.05) is 48.0 Å². The van der Waals surface area contributed by atoms with Gasteiger partial charge in [-0.2, -0.15) is 0 Å². The van der Waals surface area contributed by atoms with Crippen LogP contribution >= 0.6 is 11.3 Å². The molecule has 3 rings (SSSR count). The minimum Gasteiger partial charge on any atom is -0.497 e. The van der Waals surface area contributed by atoms with Crippen molar-refractivity contribution in [3.8, 4) is 11.5 Å². The molecule has 0 saturated heterocycles. The smallest absolute Gasteiger partial charge is 0.142 e. The molecule has 4 heteroatoms. The molecule has 96 valence electrons. The Morgan fingerprint density at radius 2 is 2.00 bits per heavy atom. The third-order valence-electron chi connectivity index (χ3n) is 2.84. The van der Waals surface area contributed by atoms with E-state index in [0.717, 1.165) is 27.3 Å². The highest BCUT2D eigenvalue weighted by Gasteiger charge is 2.08. The van der Waals surface area contributed by atoms with Gasteiger partial charge in [0.05, 0.1) is 22.8 Å². The van der Waals surface area contributed by atoms with Crippen LogP contribution in [0.4, 0.5) is 0 Å². The van der Waals surface area contributed by atoms with Gasteiger partial charge in [-0.1, -0.05) is 30.3 Å². The van der Waals surface area contributed by atoms with E-state index in [0.29, 0.717) is 6.61 Å². The Bertz CT molecular complexity index is 679. The Labute approximate surface area is 115 Å². The fourth-order valence-corrected chi connectivity index (χ4v) is 2.61. The summed E-state index contributed by atoms with van der Waals surface area (Å²) in [5, 5.41) is 0. The first-order valence-corrected chi connectivity index (χ1v) is 6.83. The molecule has 0 aliphatic rings. The molecule has 2 aromatic carbocycles. The lowest BCUT2D eigenvalue weighted by molar-refractivity contribution is 0.308. The van der Waals surface area contributed by atoms with E-state index in [-0.39, 0.29) is 0 Å². The van der Waals surface area contributed by atoms with E-state index in [2.05, 4.69) is 4.98 Å². The van der Waals surface area contributed by atoms with Crippen molar-refractivity contribution in [1.82, 2.24) is 4.98 Å². The molecular formula is C15H13NO2S. The zero-order valence-electron chi connectivity index (χ0n) is 10.5. The van der Waals surface area contributed by atoms with Gasteiger partial charge in [0.25, 0.3) is 0 Å². The van der Waals surface area contributed by atoms with Crippen LogP contribution in [0.1, 0.15) is 5.56 Å². The molecule has 0 N–H and O–H groups in total. The maximum atomic E-state index is 5.90. The Hall–Kier alpha value is -2.07. The van der Waals surface area contributed by atoms with Crippen molar-refractivity contribution in [2.24, 2.45) is 0 Å². The second kappa shape index (κ2) is 5.28. The predicted molar refractivity (Wildman–Crippen MR) is 76.9 cm³/mol. The van der Waals surface area contributed by atoms with Crippen molar-refractivity contribution in [3.05, 3.63) is 53.5 Å². The minimum atomic E-state index is 0.543. The molecule has 19 heavy (non-hydrogen) atoms. The number of ether oxygens (including phenoxy) is 2. The fraction of sp³-hybridized carbons (Fsp3) is 0.133. The van der Waals surface area contributed by atoms with Crippen LogP contribution in [0.25, 0.3) is 10.2 Å². The highest BCUT2D eigenvalue weighted by Crippen LogP contribution is 2.33. The molecule has 0 fully saturated rings. The number of fused-ring (bicyclic) bond motifs is 1. The first-order chi connectivity index (χ1) is 9.36. The quantitative estimate of drug-likeness (QED) is 0.721. The second-order valence-electron chi connectivity index (χ2n) is 4.10. The van der Waals surface area contributed by atoms with Gasteiger partial charge in [0, 0.05) is 12.1 Å². The molecule has 0 spiro atoms. The molecule has 0 bridgehead atoms. The average Bonchev–Trinajstić information content (AvgIpc) is 2.94. The van der Waals surface area contributed by atoms with Crippen molar-refractivity contribution < 1.29 is 9.47 Å². The highest BCUT2D eigenvalue weighted by atomic mass is 32.1. The molecule has 0 amide bonds. The Morgan fingerprint density at radius 3 is 2.79 bits per heavy atom. The van der Waals surface area contributed by atoms with Crippen molar-refractivity contribution >= 4 is 21.6 Å². The Balaban J connectivity index is 1.89. The van der Waals surface area contributed by atoms with Gasteiger partial charge in [0.1, 0.15) is 18.1 Å². The zero-order valence-corrected chi connectivity index (χ0v) is 11.3. The molecule has 0 aliphatic heterocycles. The van der Waals surface area contributed by atoms with Gasteiger partial charge in [0.15, 0.2) is 0 Å². The molecule has 0 atom stereocenters. The lowest BCUT2D eigenvalue weighted by Gasteiger charge is -2.09. The summed E-state index contributed by atoms with van der Waals surface area (Å²) in [4.78, 5) is 4.30. The Kier molecular flexibility index (Phi) is 3.33. The molecule has 0 saturated carbocycles. The second-order valence-corrected chi connectivity index (χ2v) is 4.96. The summed E-state index contributed by atoms with van der Waals surface area (Å²) in [6.45, 7) is 0.543. The van der Waals surface area contributed by atoms with Crippen LogP contribution in [-0.4, -0.2) is 12.1 Å². The average molecular weight is 271 g/mol. The molecule has 3 aromatic rings. The van der Waals surface area contributed by atoms with Gasteiger partial charge >= 0.3 is 0 Å². The van der Waals surface area contributed by atoms with E-state index in [1.54, 1.807) is 18.4 Å². The monoisotopic (exact) mass is 271 g/mol. The molecule has 1 heterocycles. The number of thiazole rings is 1. The maximum Gasteiger partial charge on any atom is 0.142 e. The van der Waals surface area contributed by atoms with E-state index >= 15 is 0 Å². The maximum absolute atomic E-state index is 5.90. The van der Waals surface area contributed by atoms with Gasteiger partial charge in [-0.15, -0.1) is 11.3 Å².